The first-order valence-electron chi connectivity index (χ1n) is 10.3. The van der Waals surface area contributed by atoms with E-state index in [1.807, 2.05) is 25.1 Å². The van der Waals surface area contributed by atoms with Crippen molar-refractivity contribution in [2.45, 2.75) is 25.9 Å². The van der Waals surface area contributed by atoms with Gasteiger partial charge in [0.25, 0.3) is 5.91 Å². The van der Waals surface area contributed by atoms with Crippen LogP contribution in [-0.4, -0.2) is 51.0 Å². The number of aromatic nitrogens is 1. The van der Waals surface area contributed by atoms with Crippen molar-refractivity contribution in [3.05, 3.63) is 42.0 Å². The zero-order valence-electron chi connectivity index (χ0n) is 17.9. The second kappa shape index (κ2) is 9.53. The molecule has 1 unspecified atom stereocenters. The SMILES string of the molecule is CCOc1cccc2sc(N(CC3CCCO3)C(=O)c3cc(OC)cc(OC)c3)nc12. The number of hydrogen-bond acceptors (Lipinski definition) is 7. The molecule has 0 bridgehead atoms. The third kappa shape index (κ3) is 4.60. The second-order valence-electron chi connectivity index (χ2n) is 7.18. The van der Waals surface area contributed by atoms with Crippen molar-refractivity contribution in [3.8, 4) is 17.2 Å². The Morgan fingerprint density at radius 2 is 2.00 bits per heavy atom. The van der Waals surface area contributed by atoms with E-state index in [9.17, 15) is 4.79 Å². The van der Waals surface area contributed by atoms with Gasteiger partial charge < -0.3 is 18.9 Å². The van der Waals surface area contributed by atoms with Crippen molar-refractivity contribution in [3.63, 3.8) is 0 Å². The van der Waals surface area contributed by atoms with Crippen molar-refractivity contribution in [1.82, 2.24) is 4.98 Å². The average molecular weight is 443 g/mol. The minimum Gasteiger partial charge on any atom is -0.497 e. The summed E-state index contributed by atoms with van der Waals surface area (Å²) < 4.78 is 23.2. The number of amides is 1. The van der Waals surface area contributed by atoms with Gasteiger partial charge >= 0.3 is 0 Å². The van der Waals surface area contributed by atoms with Crippen LogP contribution in [0.15, 0.2) is 36.4 Å². The van der Waals surface area contributed by atoms with E-state index in [0.29, 0.717) is 42.0 Å². The summed E-state index contributed by atoms with van der Waals surface area (Å²) in [6.07, 6.45) is 1.89. The molecule has 1 saturated heterocycles. The number of anilines is 1. The predicted molar refractivity (Wildman–Crippen MR) is 121 cm³/mol. The standard InChI is InChI=1S/C23H26N2O5S/c1-4-29-19-8-5-9-20-21(19)24-23(31-20)25(14-16-7-6-10-30-16)22(26)15-11-17(27-2)13-18(12-15)28-3/h5,8-9,11-13,16H,4,6-7,10,14H2,1-3H3. The van der Waals surface area contributed by atoms with E-state index < -0.39 is 0 Å². The first-order chi connectivity index (χ1) is 15.1. The first-order valence-corrected chi connectivity index (χ1v) is 11.1. The number of rotatable bonds is 8. The second-order valence-corrected chi connectivity index (χ2v) is 8.19. The molecule has 1 atom stereocenters. The van der Waals surface area contributed by atoms with Crippen molar-refractivity contribution >= 4 is 32.6 Å². The van der Waals surface area contributed by atoms with Crippen LogP contribution in [0.1, 0.15) is 30.1 Å². The summed E-state index contributed by atoms with van der Waals surface area (Å²) in [5.41, 5.74) is 1.23. The van der Waals surface area contributed by atoms with Crippen LogP contribution >= 0.6 is 11.3 Å². The minimum atomic E-state index is -0.176. The van der Waals surface area contributed by atoms with E-state index in [4.69, 9.17) is 23.9 Å². The van der Waals surface area contributed by atoms with E-state index in [1.165, 1.54) is 11.3 Å². The number of carbonyl (C=O) groups is 1. The number of ether oxygens (including phenoxy) is 4. The Morgan fingerprint density at radius 3 is 2.65 bits per heavy atom. The zero-order valence-corrected chi connectivity index (χ0v) is 18.7. The molecule has 8 heteroatoms. The van der Waals surface area contributed by atoms with E-state index >= 15 is 0 Å². The lowest BCUT2D eigenvalue weighted by molar-refractivity contribution is 0.0917. The maximum absolute atomic E-state index is 13.7. The number of hydrogen-bond donors (Lipinski definition) is 0. The summed E-state index contributed by atoms with van der Waals surface area (Å²) in [4.78, 5) is 20.1. The van der Waals surface area contributed by atoms with Gasteiger partial charge in [0, 0.05) is 18.2 Å². The highest BCUT2D eigenvalue weighted by Crippen LogP contribution is 2.36. The summed E-state index contributed by atoms with van der Waals surface area (Å²) in [5, 5.41) is 0.615. The van der Waals surface area contributed by atoms with E-state index in [1.54, 1.807) is 37.3 Å². The Morgan fingerprint density at radius 1 is 1.23 bits per heavy atom. The fraction of sp³-hybridized carbons (Fsp3) is 0.391. The summed E-state index contributed by atoms with van der Waals surface area (Å²) in [7, 11) is 3.13. The van der Waals surface area contributed by atoms with Gasteiger partial charge in [-0.3, -0.25) is 9.69 Å². The Balaban J connectivity index is 1.75. The monoisotopic (exact) mass is 442 g/mol. The van der Waals surface area contributed by atoms with E-state index in [0.717, 1.165) is 28.8 Å². The lowest BCUT2D eigenvalue weighted by Crippen LogP contribution is -2.37. The smallest absolute Gasteiger partial charge is 0.260 e. The largest absolute Gasteiger partial charge is 0.497 e. The molecule has 164 valence electrons. The highest BCUT2D eigenvalue weighted by atomic mass is 32.1. The van der Waals surface area contributed by atoms with Gasteiger partial charge in [-0.2, -0.15) is 0 Å². The predicted octanol–water partition coefficient (Wildman–Crippen LogP) is 4.54. The van der Waals surface area contributed by atoms with Crippen LogP contribution in [0.3, 0.4) is 0 Å². The molecule has 1 aromatic heterocycles. The molecule has 2 aromatic carbocycles. The molecule has 0 spiro atoms. The highest BCUT2D eigenvalue weighted by molar-refractivity contribution is 7.22. The fourth-order valence-electron chi connectivity index (χ4n) is 3.63. The molecule has 1 fully saturated rings. The van der Waals surface area contributed by atoms with Gasteiger partial charge in [-0.15, -0.1) is 0 Å². The average Bonchev–Trinajstić information content (AvgIpc) is 3.47. The minimum absolute atomic E-state index is 0.0187. The number of nitrogens with zero attached hydrogens (tertiary/aromatic N) is 2. The Bertz CT molecular complexity index is 1040. The number of benzene rings is 2. The number of carbonyl (C=O) groups excluding carboxylic acids is 1. The van der Waals surface area contributed by atoms with Crippen molar-refractivity contribution in [2.75, 3.05) is 38.9 Å². The number of para-hydroxylation sites is 1. The summed E-state index contributed by atoms with van der Waals surface area (Å²) in [6.45, 7) is 3.64. The topological polar surface area (TPSA) is 70.1 Å². The third-order valence-corrected chi connectivity index (χ3v) is 6.20. The molecular formula is C23H26N2O5S. The first kappa shape index (κ1) is 21.4. The van der Waals surface area contributed by atoms with Gasteiger partial charge in [-0.25, -0.2) is 4.98 Å². The molecule has 0 aliphatic carbocycles. The summed E-state index contributed by atoms with van der Waals surface area (Å²) in [6, 6.07) is 11.0. The fourth-order valence-corrected chi connectivity index (χ4v) is 4.62. The molecular weight excluding hydrogens is 416 g/mol. The van der Waals surface area contributed by atoms with Gasteiger partial charge in [-0.05, 0) is 44.0 Å². The molecule has 1 amide bonds. The van der Waals surface area contributed by atoms with Crippen LogP contribution in [0.2, 0.25) is 0 Å². The lowest BCUT2D eigenvalue weighted by Gasteiger charge is -2.23. The Labute approximate surface area is 185 Å². The van der Waals surface area contributed by atoms with Crippen molar-refractivity contribution in [2.24, 2.45) is 0 Å². The normalized spacial score (nSPS) is 15.8. The summed E-state index contributed by atoms with van der Waals surface area (Å²) >= 11 is 1.47. The van der Waals surface area contributed by atoms with Gasteiger partial charge in [-0.1, -0.05) is 17.4 Å². The maximum atomic E-state index is 13.7. The Hall–Kier alpha value is -2.84. The van der Waals surface area contributed by atoms with Crippen LogP contribution in [-0.2, 0) is 4.74 Å². The number of fused-ring (bicyclic) bond motifs is 1. The molecule has 7 nitrogen and oxygen atoms in total. The Kier molecular flexibility index (Phi) is 6.58. The molecule has 3 aromatic rings. The lowest BCUT2D eigenvalue weighted by atomic mass is 10.1. The number of methoxy groups -OCH3 is 2. The van der Waals surface area contributed by atoms with E-state index in [-0.39, 0.29) is 12.0 Å². The maximum Gasteiger partial charge on any atom is 0.260 e. The van der Waals surface area contributed by atoms with E-state index in [2.05, 4.69) is 0 Å². The van der Waals surface area contributed by atoms with Gasteiger partial charge in [0.1, 0.15) is 22.8 Å². The van der Waals surface area contributed by atoms with Crippen LogP contribution in [0, 0.1) is 0 Å². The van der Waals surface area contributed by atoms with Gasteiger partial charge in [0.15, 0.2) is 5.13 Å². The molecule has 1 aliphatic heterocycles. The van der Waals surface area contributed by atoms with Crippen molar-refractivity contribution < 1.29 is 23.7 Å². The van der Waals surface area contributed by atoms with Crippen LogP contribution < -0.4 is 19.1 Å². The summed E-state index contributed by atoms with van der Waals surface area (Å²) in [5.74, 6) is 1.66. The van der Waals surface area contributed by atoms with Gasteiger partial charge in [0.05, 0.1) is 38.2 Å². The third-order valence-electron chi connectivity index (χ3n) is 5.16. The van der Waals surface area contributed by atoms with Crippen molar-refractivity contribution in [1.29, 1.82) is 0 Å². The number of thiazole rings is 1. The highest BCUT2D eigenvalue weighted by Gasteiger charge is 2.28. The quantitative estimate of drug-likeness (QED) is 0.510. The molecule has 1 aliphatic rings. The molecule has 31 heavy (non-hydrogen) atoms. The molecule has 0 N–H and O–H groups in total. The van der Waals surface area contributed by atoms with Crippen LogP contribution in [0.5, 0.6) is 17.2 Å². The molecule has 2 heterocycles. The molecule has 0 saturated carbocycles. The van der Waals surface area contributed by atoms with Crippen LogP contribution in [0.25, 0.3) is 10.2 Å². The zero-order chi connectivity index (χ0) is 21.8. The molecule has 0 radical (unpaired) electrons. The van der Waals surface area contributed by atoms with Gasteiger partial charge in [0.2, 0.25) is 0 Å². The van der Waals surface area contributed by atoms with Crippen LogP contribution in [0.4, 0.5) is 5.13 Å². The molecule has 4 rings (SSSR count).